The Bertz CT molecular complexity index is 1030. The third kappa shape index (κ3) is 4.65. The molecule has 0 saturated carbocycles. The normalized spacial score (nSPS) is 21.3. The van der Waals surface area contributed by atoms with Gasteiger partial charge < -0.3 is 16.2 Å². The molecule has 4 N–H and O–H groups in total. The molecule has 1 unspecified atom stereocenters. The molecule has 0 aliphatic carbocycles. The zero-order chi connectivity index (χ0) is 21.8. The summed E-state index contributed by atoms with van der Waals surface area (Å²) in [6, 6.07) is 0.899. The predicted octanol–water partition coefficient (Wildman–Crippen LogP) is 1.73. The lowest BCUT2D eigenvalue weighted by molar-refractivity contribution is -0.150. The average Bonchev–Trinajstić information content (AvgIpc) is 3.10. The van der Waals surface area contributed by atoms with Gasteiger partial charge in [0.1, 0.15) is 22.9 Å². The van der Waals surface area contributed by atoms with E-state index < -0.39 is 23.3 Å². The number of amides is 2. The Labute approximate surface area is 188 Å². The molecular formula is C17H14ClN5O4S3. The number of aliphatic carboxylic acids is 1. The Morgan fingerprint density at radius 3 is 2.97 bits per heavy atom. The first-order valence-corrected chi connectivity index (χ1v) is 11.5. The number of amidine groups is 1. The van der Waals surface area contributed by atoms with Crippen LogP contribution in [-0.2, 0) is 20.8 Å². The molecule has 9 nitrogen and oxygen atoms in total. The third-order valence-electron chi connectivity index (χ3n) is 4.09. The van der Waals surface area contributed by atoms with Crippen LogP contribution in [0, 0.1) is 11.5 Å². The van der Waals surface area contributed by atoms with Crippen LogP contribution in [0.3, 0.4) is 0 Å². The van der Waals surface area contributed by atoms with Crippen LogP contribution in [0.2, 0.25) is 5.02 Å². The van der Waals surface area contributed by atoms with Crippen molar-refractivity contribution >= 4 is 70.1 Å². The maximum Gasteiger partial charge on any atom is 0.353 e. The van der Waals surface area contributed by atoms with Gasteiger partial charge in [0.2, 0.25) is 12.1 Å². The molecule has 3 heterocycles. The second kappa shape index (κ2) is 9.57. The second-order valence-electron chi connectivity index (χ2n) is 5.96. The molecule has 2 atom stereocenters. The maximum absolute atomic E-state index is 12.6. The van der Waals surface area contributed by atoms with Gasteiger partial charge in [-0.3, -0.25) is 14.5 Å². The van der Waals surface area contributed by atoms with E-state index in [1.54, 1.807) is 17.6 Å². The van der Waals surface area contributed by atoms with Gasteiger partial charge in [-0.25, -0.2) is 4.79 Å². The van der Waals surface area contributed by atoms with Gasteiger partial charge in [-0.2, -0.15) is 10.3 Å². The highest BCUT2D eigenvalue weighted by atomic mass is 35.5. The molecule has 13 heteroatoms. The number of rotatable bonds is 7. The molecule has 0 spiro atoms. The second-order valence-corrected chi connectivity index (χ2v) is 9.47. The van der Waals surface area contributed by atoms with E-state index in [-0.39, 0.29) is 23.9 Å². The topological polar surface area (TPSA) is 149 Å². The van der Waals surface area contributed by atoms with Crippen LogP contribution >= 0.6 is 46.5 Å². The number of nitriles is 1. The molecule has 0 aromatic carbocycles. The van der Waals surface area contributed by atoms with E-state index in [0.29, 0.717) is 20.6 Å². The number of thiophene rings is 1. The highest BCUT2D eigenvalue weighted by molar-refractivity contribution is 8.08. The van der Waals surface area contributed by atoms with Gasteiger partial charge in [-0.15, -0.1) is 23.1 Å². The van der Waals surface area contributed by atoms with Gasteiger partial charge in [-0.1, -0.05) is 23.4 Å². The van der Waals surface area contributed by atoms with E-state index in [1.165, 1.54) is 39.5 Å². The lowest BCUT2D eigenvalue weighted by Gasteiger charge is -2.49. The van der Waals surface area contributed by atoms with Crippen molar-refractivity contribution in [1.82, 2.24) is 10.2 Å². The summed E-state index contributed by atoms with van der Waals surface area (Å²) in [6.45, 7) is 0. The number of carbonyl (C=O) groups is 3. The largest absolute Gasteiger partial charge is 0.477 e. The van der Waals surface area contributed by atoms with Gasteiger partial charge in [-0.05, 0) is 22.9 Å². The highest BCUT2D eigenvalue weighted by Gasteiger charge is 2.54. The predicted molar refractivity (Wildman–Crippen MR) is 117 cm³/mol. The fourth-order valence-corrected chi connectivity index (χ4v) is 6.22. The minimum Gasteiger partial charge on any atom is -0.477 e. The fourth-order valence-electron chi connectivity index (χ4n) is 2.78. The van der Waals surface area contributed by atoms with Gasteiger partial charge in [0.25, 0.3) is 5.91 Å². The summed E-state index contributed by atoms with van der Waals surface area (Å²) in [5, 5.41) is 24.0. The zero-order valence-corrected chi connectivity index (χ0v) is 18.3. The lowest BCUT2D eigenvalue weighted by Crippen LogP contribution is -2.70. The van der Waals surface area contributed by atoms with E-state index in [1.807, 2.05) is 0 Å². The molecule has 1 aromatic heterocycles. The van der Waals surface area contributed by atoms with Crippen LogP contribution in [0.25, 0.3) is 0 Å². The smallest absolute Gasteiger partial charge is 0.353 e. The van der Waals surface area contributed by atoms with Crippen molar-refractivity contribution in [3.8, 4) is 6.19 Å². The van der Waals surface area contributed by atoms with E-state index in [9.17, 15) is 19.5 Å². The third-order valence-corrected chi connectivity index (χ3v) is 7.84. The molecule has 0 bridgehead atoms. The average molecular weight is 484 g/mol. The van der Waals surface area contributed by atoms with Crippen LogP contribution in [0.4, 0.5) is 0 Å². The van der Waals surface area contributed by atoms with Crippen LogP contribution < -0.4 is 11.1 Å². The molecule has 2 amide bonds. The molecule has 1 saturated heterocycles. The van der Waals surface area contributed by atoms with Crippen molar-refractivity contribution in [2.75, 3.05) is 5.75 Å². The number of carboxylic acids is 1. The number of thioether (sulfide) groups is 2. The Hall–Kier alpha value is -2.46. The lowest BCUT2D eigenvalue weighted by atomic mass is 10.0. The minimum absolute atomic E-state index is 0.0162. The molecule has 1 fully saturated rings. The first kappa shape index (κ1) is 22.2. The van der Waals surface area contributed by atoms with E-state index in [0.717, 1.165) is 11.8 Å². The van der Waals surface area contributed by atoms with Crippen molar-refractivity contribution in [2.24, 2.45) is 10.7 Å². The summed E-state index contributed by atoms with van der Waals surface area (Å²) in [5.74, 6) is -1.75. The van der Waals surface area contributed by atoms with Crippen LogP contribution in [0.15, 0.2) is 38.5 Å². The molecule has 1 aromatic rings. The number of nitrogens with two attached hydrogens (primary N) is 1. The van der Waals surface area contributed by atoms with Crippen molar-refractivity contribution in [1.29, 1.82) is 5.26 Å². The SMILES string of the molecule is N#CN=C(N)C=CSC1=C(C(=O)O)N2C(=O)C(NC(=O)Cc3sccc3Cl)[C@H]2SC1. The molecule has 0 radical (unpaired) electrons. The number of nitrogens with one attached hydrogen (secondary N) is 1. The number of hydrogen-bond donors (Lipinski definition) is 3. The summed E-state index contributed by atoms with van der Waals surface area (Å²) in [5.41, 5.74) is 5.35. The Kier molecular flexibility index (Phi) is 7.09. The van der Waals surface area contributed by atoms with Crippen molar-refractivity contribution in [3.63, 3.8) is 0 Å². The minimum atomic E-state index is -1.24. The summed E-state index contributed by atoms with van der Waals surface area (Å²) in [6.07, 6.45) is 2.97. The van der Waals surface area contributed by atoms with Crippen LogP contribution in [0.1, 0.15) is 4.88 Å². The van der Waals surface area contributed by atoms with Gasteiger partial charge in [0, 0.05) is 15.5 Å². The van der Waals surface area contributed by atoms with Crippen LogP contribution in [-0.4, -0.2) is 50.8 Å². The molecule has 2 aliphatic rings. The van der Waals surface area contributed by atoms with E-state index >= 15 is 0 Å². The summed E-state index contributed by atoms with van der Waals surface area (Å²) < 4.78 is 0. The number of fused-ring (bicyclic) bond motifs is 1. The monoisotopic (exact) mass is 483 g/mol. The first-order chi connectivity index (χ1) is 14.3. The number of hydrogen-bond acceptors (Lipinski definition) is 8. The first-order valence-electron chi connectivity index (χ1n) is 8.31. The number of aliphatic imine (C=N–C) groups is 1. The quantitative estimate of drug-likeness (QED) is 0.230. The number of nitrogens with zero attached hydrogens (tertiary/aromatic N) is 3. The number of halogens is 1. The number of carbonyl (C=O) groups excluding carboxylic acids is 2. The van der Waals surface area contributed by atoms with Crippen molar-refractivity contribution in [3.05, 3.63) is 43.4 Å². The standard InChI is InChI=1S/C17H14ClN5O4S3/c18-8-1-3-28-9(8)5-12(24)22-13-15(25)23-14(17(26)27)10(6-30-16(13)23)29-4-2-11(20)21-7-19/h1-4,13,16H,5-6H2,(H2,20,21)(H,22,24)(H,26,27)/t13?,16-/m1/s1. The zero-order valence-electron chi connectivity index (χ0n) is 15.1. The van der Waals surface area contributed by atoms with E-state index in [4.69, 9.17) is 22.6 Å². The molecule has 30 heavy (non-hydrogen) atoms. The van der Waals surface area contributed by atoms with Crippen molar-refractivity contribution in [2.45, 2.75) is 17.8 Å². The summed E-state index contributed by atoms with van der Waals surface area (Å²) in [7, 11) is 0. The molecular weight excluding hydrogens is 470 g/mol. The Morgan fingerprint density at radius 1 is 1.57 bits per heavy atom. The van der Waals surface area contributed by atoms with Gasteiger partial charge in [0.15, 0.2) is 0 Å². The Morgan fingerprint density at radius 2 is 2.33 bits per heavy atom. The fraction of sp³-hybridized carbons (Fsp3) is 0.235. The van der Waals surface area contributed by atoms with E-state index in [2.05, 4.69) is 10.3 Å². The maximum atomic E-state index is 12.6. The molecule has 156 valence electrons. The molecule has 3 rings (SSSR count). The highest BCUT2D eigenvalue weighted by Crippen LogP contribution is 2.43. The van der Waals surface area contributed by atoms with Crippen LogP contribution in [0.5, 0.6) is 0 Å². The molecule has 2 aliphatic heterocycles. The van der Waals surface area contributed by atoms with Crippen molar-refractivity contribution < 1.29 is 19.5 Å². The Balaban J connectivity index is 1.69. The number of carboxylic acid groups (broad SMARTS) is 1. The summed E-state index contributed by atoms with van der Waals surface area (Å²) >= 11 is 9.78. The summed E-state index contributed by atoms with van der Waals surface area (Å²) in [4.78, 5) is 42.3. The van der Waals surface area contributed by atoms with Gasteiger partial charge >= 0.3 is 5.97 Å². The van der Waals surface area contributed by atoms with Gasteiger partial charge in [0.05, 0.1) is 11.4 Å². The number of β-lactam (4-membered cyclic amide) rings is 1.